The second-order valence-corrected chi connectivity index (χ2v) is 4.08. The van der Waals surface area contributed by atoms with Crippen LogP contribution in [0, 0.1) is 0 Å². The van der Waals surface area contributed by atoms with Crippen molar-refractivity contribution in [3.63, 3.8) is 0 Å². The third-order valence-corrected chi connectivity index (χ3v) is 2.99. The minimum absolute atomic E-state index is 0.000972. The highest BCUT2D eigenvalue weighted by atomic mass is 16.6. The number of aliphatic hydroxyl groups excluding tert-OH is 1. The van der Waals surface area contributed by atoms with Gasteiger partial charge < -0.3 is 14.6 Å². The van der Waals surface area contributed by atoms with E-state index in [0.717, 1.165) is 25.7 Å². The van der Waals surface area contributed by atoms with Crippen LogP contribution >= 0.6 is 0 Å². The zero-order valence-electron chi connectivity index (χ0n) is 8.31. The van der Waals surface area contributed by atoms with Crippen molar-refractivity contribution >= 4 is 5.97 Å². The molecule has 0 aromatic carbocycles. The molecule has 0 saturated carbocycles. The predicted molar refractivity (Wildman–Crippen MR) is 48.7 cm³/mol. The second-order valence-electron chi connectivity index (χ2n) is 4.08. The summed E-state index contributed by atoms with van der Waals surface area (Å²) < 4.78 is 10.8. The van der Waals surface area contributed by atoms with Crippen LogP contribution in [0.4, 0.5) is 0 Å². The van der Waals surface area contributed by atoms with Gasteiger partial charge in [-0.05, 0) is 25.7 Å². The van der Waals surface area contributed by atoms with Gasteiger partial charge in [-0.25, -0.2) is 0 Å². The minimum atomic E-state index is -0.329. The first kappa shape index (κ1) is 9.93. The molecule has 2 heterocycles. The lowest BCUT2D eigenvalue weighted by atomic mass is 9.88. The van der Waals surface area contributed by atoms with E-state index in [1.807, 2.05) is 0 Å². The summed E-state index contributed by atoms with van der Waals surface area (Å²) >= 11 is 0. The van der Waals surface area contributed by atoms with Crippen molar-refractivity contribution in [1.82, 2.24) is 0 Å². The molecule has 0 aromatic rings. The monoisotopic (exact) mass is 200 g/mol. The second kappa shape index (κ2) is 3.87. The van der Waals surface area contributed by atoms with Gasteiger partial charge in [-0.3, -0.25) is 4.79 Å². The zero-order chi connectivity index (χ0) is 10.1. The zero-order valence-corrected chi connectivity index (χ0v) is 8.31. The van der Waals surface area contributed by atoms with Crippen LogP contribution in [0.15, 0.2) is 0 Å². The molecule has 2 aliphatic rings. The number of ether oxygens (including phenoxy) is 2. The first-order valence-electron chi connectivity index (χ1n) is 5.17. The highest BCUT2D eigenvalue weighted by Gasteiger charge is 2.40. The van der Waals surface area contributed by atoms with Crippen LogP contribution < -0.4 is 0 Å². The molecule has 2 rings (SSSR count). The lowest BCUT2D eigenvalue weighted by Gasteiger charge is -2.42. The summed E-state index contributed by atoms with van der Waals surface area (Å²) in [6, 6.07) is 0. The van der Waals surface area contributed by atoms with E-state index in [1.165, 1.54) is 6.92 Å². The Kier molecular flexibility index (Phi) is 2.74. The lowest BCUT2D eigenvalue weighted by molar-refractivity contribution is -0.198. The summed E-state index contributed by atoms with van der Waals surface area (Å²) in [6.45, 7) is 1.42. The average Bonchev–Trinajstić information content (AvgIpc) is 2.14. The highest BCUT2D eigenvalue weighted by molar-refractivity contribution is 5.66. The number of rotatable bonds is 1. The van der Waals surface area contributed by atoms with Crippen LogP contribution in [0.2, 0.25) is 0 Å². The molecule has 0 radical (unpaired) electrons. The maximum absolute atomic E-state index is 10.8. The fourth-order valence-corrected chi connectivity index (χ4v) is 2.30. The number of hydrogen-bond donors (Lipinski definition) is 1. The number of hydrogen-bond acceptors (Lipinski definition) is 4. The van der Waals surface area contributed by atoms with Crippen LogP contribution in [-0.4, -0.2) is 35.5 Å². The van der Waals surface area contributed by atoms with Crippen LogP contribution in [0.25, 0.3) is 0 Å². The van der Waals surface area contributed by atoms with Gasteiger partial charge in [0.05, 0.1) is 18.3 Å². The lowest BCUT2D eigenvalue weighted by Crippen LogP contribution is -2.49. The van der Waals surface area contributed by atoms with Gasteiger partial charge in [-0.1, -0.05) is 0 Å². The van der Waals surface area contributed by atoms with Crippen molar-refractivity contribution in [3.8, 4) is 0 Å². The number of fused-ring (bicyclic) bond motifs is 2. The fraction of sp³-hybridized carbons (Fsp3) is 0.900. The van der Waals surface area contributed by atoms with Crippen LogP contribution in [0.1, 0.15) is 32.6 Å². The van der Waals surface area contributed by atoms with E-state index >= 15 is 0 Å². The number of aliphatic hydroxyl groups is 1. The van der Waals surface area contributed by atoms with Crippen LogP contribution in [-0.2, 0) is 14.3 Å². The smallest absolute Gasteiger partial charge is 0.302 e. The maximum atomic E-state index is 10.8. The van der Waals surface area contributed by atoms with Gasteiger partial charge in [-0.15, -0.1) is 0 Å². The molecule has 1 N–H and O–H groups in total. The van der Waals surface area contributed by atoms with Crippen molar-refractivity contribution in [2.24, 2.45) is 0 Å². The van der Waals surface area contributed by atoms with E-state index in [9.17, 15) is 9.90 Å². The number of carbonyl (C=O) groups is 1. The molecule has 0 unspecified atom stereocenters. The molecular weight excluding hydrogens is 184 g/mol. The van der Waals surface area contributed by atoms with E-state index in [4.69, 9.17) is 9.47 Å². The van der Waals surface area contributed by atoms with Crippen molar-refractivity contribution in [3.05, 3.63) is 0 Å². The molecule has 0 amide bonds. The quantitative estimate of drug-likeness (QED) is 0.630. The molecular formula is C10H16O4. The van der Waals surface area contributed by atoms with E-state index in [-0.39, 0.29) is 30.4 Å². The Morgan fingerprint density at radius 1 is 1.29 bits per heavy atom. The molecule has 4 atom stereocenters. The molecule has 2 aliphatic heterocycles. The molecule has 14 heavy (non-hydrogen) atoms. The van der Waals surface area contributed by atoms with Gasteiger partial charge in [0.15, 0.2) is 0 Å². The summed E-state index contributed by atoms with van der Waals surface area (Å²) in [7, 11) is 0. The number of carbonyl (C=O) groups excluding carboxylic acids is 1. The molecule has 2 saturated heterocycles. The summed E-state index contributed by atoms with van der Waals surface area (Å²) in [5.74, 6) is -0.247. The van der Waals surface area contributed by atoms with E-state index in [1.54, 1.807) is 0 Å². The van der Waals surface area contributed by atoms with E-state index in [2.05, 4.69) is 0 Å². The third kappa shape index (κ3) is 1.91. The molecule has 0 aliphatic carbocycles. The van der Waals surface area contributed by atoms with Crippen molar-refractivity contribution < 1.29 is 19.4 Å². The van der Waals surface area contributed by atoms with Gasteiger partial charge in [-0.2, -0.15) is 0 Å². The fourth-order valence-electron chi connectivity index (χ4n) is 2.30. The third-order valence-electron chi connectivity index (χ3n) is 2.99. The largest absolute Gasteiger partial charge is 0.460 e. The Balaban J connectivity index is 1.95. The van der Waals surface area contributed by atoms with Gasteiger partial charge >= 0.3 is 5.97 Å². The van der Waals surface area contributed by atoms with Gasteiger partial charge in [0.25, 0.3) is 0 Å². The predicted octanol–water partition coefficient (Wildman–Crippen LogP) is 0.620. The highest BCUT2D eigenvalue weighted by Crippen LogP contribution is 2.32. The van der Waals surface area contributed by atoms with E-state index < -0.39 is 0 Å². The van der Waals surface area contributed by atoms with Crippen molar-refractivity contribution in [1.29, 1.82) is 0 Å². The normalized spacial score (nSPS) is 41.9. The van der Waals surface area contributed by atoms with Crippen LogP contribution in [0.5, 0.6) is 0 Å². The molecule has 0 spiro atoms. The maximum Gasteiger partial charge on any atom is 0.302 e. The molecule has 4 heteroatoms. The Hall–Kier alpha value is -0.610. The molecule has 0 aromatic heterocycles. The van der Waals surface area contributed by atoms with Gasteiger partial charge in [0.1, 0.15) is 6.10 Å². The summed E-state index contributed by atoms with van der Waals surface area (Å²) in [6.07, 6.45) is 2.67. The summed E-state index contributed by atoms with van der Waals surface area (Å²) in [4.78, 5) is 10.8. The molecule has 4 nitrogen and oxygen atoms in total. The average molecular weight is 200 g/mol. The first-order valence-corrected chi connectivity index (χ1v) is 5.17. The van der Waals surface area contributed by atoms with Crippen molar-refractivity contribution in [2.75, 3.05) is 0 Å². The van der Waals surface area contributed by atoms with Gasteiger partial charge in [0.2, 0.25) is 0 Å². The summed E-state index contributed by atoms with van der Waals surface area (Å²) in [5.41, 5.74) is 0. The molecule has 80 valence electrons. The Bertz CT molecular complexity index is 228. The Labute approximate surface area is 83.2 Å². The van der Waals surface area contributed by atoms with Crippen molar-refractivity contribution in [2.45, 2.75) is 57.0 Å². The topological polar surface area (TPSA) is 55.8 Å². The standard InChI is InChI=1S/C10H16O4/c1-6(11)13-9-5-4-8-7(12)2-3-10(9)14-8/h7-10,12H,2-5H2,1H3/t7-,8-,9-,10-/m0/s1. The molecule has 2 fully saturated rings. The summed E-state index contributed by atoms with van der Waals surface area (Å²) in [5, 5.41) is 9.56. The SMILES string of the molecule is CC(=O)O[C@H]1CC[C@@H]2O[C@H]1CC[C@@H]2O. The van der Waals surface area contributed by atoms with Gasteiger partial charge in [0, 0.05) is 6.92 Å². The van der Waals surface area contributed by atoms with E-state index in [0.29, 0.717) is 0 Å². The first-order chi connectivity index (χ1) is 6.66. The minimum Gasteiger partial charge on any atom is -0.460 e. The Morgan fingerprint density at radius 3 is 2.71 bits per heavy atom. The Morgan fingerprint density at radius 2 is 2.00 bits per heavy atom. The van der Waals surface area contributed by atoms with Crippen LogP contribution in [0.3, 0.4) is 0 Å². The number of esters is 1. The molecule has 2 bridgehead atoms.